The van der Waals surface area contributed by atoms with E-state index in [0.717, 1.165) is 19.4 Å². The van der Waals surface area contributed by atoms with E-state index in [0.29, 0.717) is 19.1 Å². The predicted molar refractivity (Wildman–Crippen MR) is 69.5 cm³/mol. The lowest BCUT2D eigenvalue weighted by atomic mass is 9.94. The third kappa shape index (κ3) is 3.04. The molecule has 4 heteroatoms. The van der Waals surface area contributed by atoms with Crippen LogP contribution >= 0.6 is 0 Å². The van der Waals surface area contributed by atoms with E-state index in [1.807, 2.05) is 6.92 Å². The number of carboxylic acids is 1. The number of likely N-dealkylation sites (N-methyl/N-ethyl adjacent to an activating group) is 1. The van der Waals surface area contributed by atoms with Crippen molar-refractivity contribution in [1.82, 2.24) is 5.32 Å². The summed E-state index contributed by atoms with van der Waals surface area (Å²) in [4.78, 5) is 11.6. The Bertz CT molecular complexity index is 285. The normalized spacial score (nSPS) is 24.1. The standard InChI is InChI=1S/C14H25NO3/c1-2-15-14(13(16)17,12-7-8-12)10-18-9-11-5-3-4-6-11/h11-12,15H,2-10H2,1H3,(H,16,17). The van der Waals surface area contributed by atoms with Crippen molar-refractivity contribution in [3.8, 4) is 0 Å². The number of carboxylic acid groups (broad SMARTS) is 1. The lowest BCUT2D eigenvalue weighted by molar-refractivity contribution is -0.149. The molecule has 2 rings (SSSR count). The van der Waals surface area contributed by atoms with Crippen LogP contribution in [0.25, 0.3) is 0 Å². The summed E-state index contributed by atoms with van der Waals surface area (Å²) in [5, 5.41) is 12.7. The van der Waals surface area contributed by atoms with Crippen LogP contribution in [0.2, 0.25) is 0 Å². The Morgan fingerprint density at radius 2 is 2.00 bits per heavy atom. The van der Waals surface area contributed by atoms with Gasteiger partial charge in [-0.1, -0.05) is 19.8 Å². The molecule has 0 saturated heterocycles. The van der Waals surface area contributed by atoms with Crippen molar-refractivity contribution in [2.45, 2.75) is 51.0 Å². The molecular formula is C14H25NO3. The minimum absolute atomic E-state index is 0.249. The van der Waals surface area contributed by atoms with Gasteiger partial charge in [0.15, 0.2) is 0 Å². The Labute approximate surface area is 109 Å². The van der Waals surface area contributed by atoms with Crippen LogP contribution in [0, 0.1) is 11.8 Å². The largest absolute Gasteiger partial charge is 0.480 e. The SMILES string of the molecule is CCNC(COCC1CCCC1)(C(=O)O)C1CC1. The highest BCUT2D eigenvalue weighted by Crippen LogP contribution is 2.40. The molecule has 4 nitrogen and oxygen atoms in total. The predicted octanol–water partition coefficient (Wildman–Crippen LogP) is 2.04. The van der Waals surface area contributed by atoms with E-state index in [4.69, 9.17) is 4.74 Å². The fourth-order valence-corrected chi connectivity index (χ4v) is 3.08. The Balaban J connectivity index is 1.85. The molecule has 1 atom stereocenters. The Hall–Kier alpha value is -0.610. The summed E-state index contributed by atoms with van der Waals surface area (Å²) in [5.74, 6) is 0.147. The Kier molecular flexibility index (Phi) is 4.62. The molecule has 2 aliphatic carbocycles. The molecule has 0 aromatic heterocycles. The average molecular weight is 255 g/mol. The van der Waals surface area contributed by atoms with E-state index < -0.39 is 11.5 Å². The second kappa shape index (κ2) is 6.02. The second-order valence-corrected chi connectivity index (χ2v) is 5.75. The van der Waals surface area contributed by atoms with Crippen molar-refractivity contribution in [1.29, 1.82) is 0 Å². The minimum atomic E-state index is -0.840. The molecule has 0 aromatic rings. The van der Waals surface area contributed by atoms with E-state index in [-0.39, 0.29) is 5.92 Å². The number of hydrogen-bond donors (Lipinski definition) is 2. The van der Waals surface area contributed by atoms with Gasteiger partial charge in [-0.3, -0.25) is 10.1 Å². The third-order valence-electron chi connectivity index (χ3n) is 4.31. The molecule has 2 aliphatic rings. The zero-order chi connectivity index (χ0) is 13.0. The van der Waals surface area contributed by atoms with Gasteiger partial charge in [-0.05, 0) is 44.1 Å². The molecule has 0 heterocycles. The average Bonchev–Trinajstić information content (AvgIpc) is 3.06. The number of ether oxygens (including phenoxy) is 1. The fraction of sp³-hybridized carbons (Fsp3) is 0.929. The molecule has 2 fully saturated rings. The van der Waals surface area contributed by atoms with Crippen LogP contribution in [0.1, 0.15) is 45.4 Å². The first-order valence-corrected chi connectivity index (χ1v) is 7.25. The second-order valence-electron chi connectivity index (χ2n) is 5.75. The number of carbonyl (C=O) groups is 1. The van der Waals surface area contributed by atoms with Crippen molar-refractivity contribution in [2.75, 3.05) is 19.8 Å². The van der Waals surface area contributed by atoms with E-state index in [1.165, 1.54) is 25.7 Å². The van der Waals surface area contributed by atoms with Crippen molar-refractivity contribution in [3.63, 3.8) is 0 Å². The molecule has 2 N–H and O–H groups in total. The van der Waals surface area contributed by atoms with Gasteiger partial charge in [-0.25, -0.2) is 0 Å². The molecule has 2 saturated carbocycles. The molecule has 0 bridgehead atoms. The summed E-state index contributed by atoms with van der Waals surface area (Å²) in [6.07, 6.45) is 7.09. The zero-order valence-corrected chi connectivity index (χ0v) is 11.3. The van der Waals surface area contributed by atoms with Crippen LogP contribution < -0.4 is 5.32 Å². The number of nitrogens with one attached hydrogen (secondary N) is 1. The van der Waals surface area contributed by atoms with Gasteiger partial charge in [0.05, 0.1) is 6.61 Å². The highest BCUT2D eigenvalue weighted by atomic mass is 16.5. The van der Waals surface area contributed by atoms with Gasteiger partial charge in [0.25, 0.3) is 0 Å². The summed E-state index contributed by atoms with van der Waals surface area (Å²) >= 11 is 0. The van der Waals surface area contributed by atoms with Crippen molar-refractivity contribution < 1.29 is 14.6 Å². The molecule has 0 spiro atoms. The highest BCUT2D eigenvalue weighted by Gasteiger charge is 2.51. The first-order chi connectivity index (χ1) is 8.69. The van der Waals surface area contributed by atoms with E-state index in [2.05, 4.69) is 5.32 Å². The summed E-state index contributed by atoms with van der Waals surface area (Å²) in [6.45, 7) is 3.68. The van der Waals surface area contributed by atoms with Gasteiger partial charge >= 0.3 is 5.97 Å². The van der Waals surface area contributed by atoms with Gasteiger partial charge in [0, 0.05) is 6.61 Å². The topological polar surface area (TPSA) is 58.6 Å². The van der Waals surface area contributed by atoms with Gasteiger partial charge in [-0.15, -0.1) is 0 Å². The van der Waals surface area contributed by atoms with Crippen LogP contribution in [0.15, 0.2) is 0 Å². The molecule has 0 aliphatic heterocycles. The highest BCUT2D eigenvalue weighted by molar-refractivity contribution is 5.80. The Morgan fingerprint density at radius 3 is 2.50 bits per heavy atom. The Morgan fingerprint density at radius 1 is 1.33 bits per heavy atom. The number of rotatable bonds is 8. The van der Waals surface area contributed by atoms with Crippen molar-refractivity contribution in [2.24, 2.45) is 11.8 Å². The van der Waals surface area contributed by atoms with Crippen LogP contribution in [-0.4, -0.2) is 36.4 Å². The van der Waals surface area contributed by atoms with Gasteiger partial charge in [0.1, 0.15) is 5.54 Å². The van der Waals surface area contributed by atoms with Crippen LogP contribution in [0.3, 0.4) is 0 Å². The van der Waals surface area contributed by atoms with E-state index in [1.54, 1.807) is 0 Å². The maximum atomic E-state index is 11.6. The summed E-state index contributed by atoms with van der Waals surface area (Å²) < 4.78 is 5.75. The summed E-state index contributed by atoms with van der Waals surface area (Å²) in [7, 11) is 0. The maximum Gasteiger partial charge on any atom is 0.326 e. The quantitative estimate of drug-likeness (QED) is 0.697. The van der Waals surface area contributed by atoms with Crippen LogP contribution in [0.5, 0.6) is 0 Å². The lowest BCUT2D eigenvalue weighted by Crippen LogP contribution is -2.57. The molecule has 18 heavy (non-hydrogen) atoms. The molecule has 104 valence electrons. The molecule has 0 aromatic carbocycles. The van der Waals surface area contributed by atoms with Gasteiger partial charge < -0.3 is 9.84 Å². The molecule has 1 unspecified atom stereocenters. The molecular weight excluding hydrogens is 230 g/mol. The van der Waals surface area contributed by atoms with Gasteiger partial charge in [0.2, 0.25) is 0 Å². The number of hydrogen-bond acceptors (Lipinski definition) is 3. The maximum absolute atomic E-state index is 11.6. The van der Waals surface area contributed by atoms with E-state index >= 15 is 0 Å². The summed E-state index contributed by atoms with van der Waals surface area (Å²) in [6, 6.07) is 0. The fourth-order valence-electron chi connectivity index (χ4n) is 3.08. The molecule has 0 amide bonds. The minimum Gasteiger partial charge on any atom is -0.480 e. The van der Waals surface area contributed by atoms with Crippen molar-refractivity contribution in [3.05, 3.63) is 0 Å². The van der Waals surface area contributed by atoms with E-state index in [9.17, 15) is 9.90 Å². The third-order valence-corrected chi connectivity index (χ3v) is 4.31. The number of aliphatic carboxylic acids is 1. The lowest BCUT2D eigenvalue weighted by Gasteiger charge is -2.30. The van der Waals surface area contributed by atoms with Crippen molar-refractivity contribution >= 4 is 5.97 Å². The first kappa shape index (κ1) is 13.8. The monoisotopic (exact) mass is 255 g/mol. The first-order valence-electron chi connectivity index (χ1n) is 7.25. The molecule has 0 radical (unpaired) electrons. The zero-order valence-electron chi connectivity index (χ0n) is 11.3. The summed E-state index contributed by atoms with van der Waals surface area (Å²) in [5.41, 5.74) is -0.840. The van der Waals surface area contributed by atoms with Gasteiger partial charge in [-0.2, -0.15) is 0 Å². The smallest absolute Gasteiger partial charge is 0.326 e. The van der Waals surface area contributed by atoms with Crippen LogP contribution in [0.4, 0.5) is 0 Å². The van der Waals surface area contributed by atoms with Crippen LogP contribution in [-0.2, 0) is 9.53 Å².